The maximum Gasteiger partial charge on any atom is 0.242 e. The number of rotatable bonds is 4. The molecule has 0 radical (unpaired) electrons. The molecule has 2 rings (SSSR count). The molecule has 0 saturated heterocycles. The van der Waals surface area contributed by atoms with Crippen molar-refractivity contribution in [2.24, 2.45) is 0 Å². The minimum Gasteiger partial charge on any atom is -0.332 e. The molecule has 8 heteroatoms. The summed E-state index contributed by atoms with van der Waals surface area (Å²) in [7, 11) is -0.490. The van der Waals surface area contributed by atoms with E-state index in [0.29, 0.717) is 10.8 Å². The van der Waals surface area contributed by atoms with Crippen molar-refractivity contribution in [1.29, 1.82) is 0 Å². The maximum absolute atomic E-state index is 12.2. The van der Waals surface area contributed by atoms with Crippen LogP contribution in [0.1, 0.15) is 5.56 Å². The molecule has 0 aliphatic carbocycles. The van der Waals surface area contributed by atoms with Crippen LogP contribution in [-0.2, 0) is 10.0 Å². The molecule has 0 heterocycles. The second-order valence-corrected chi connectivity index (χ2v) is 8.79. The van der Waals surface area contributed by atoms with Crippen molar-refractivity contribution >= 4 is 54.7 Å². The van der Waals surface area contributed by atoms with Crippen LogP contribution >= 0.6 is 28.1 Å². The van der Waals surface area contributed by atoms with Gasteiger partial charge in [0.1, 0.15) is 0 Å². The first-order valence-corrected chi connectivity index (χ1v) is 9.71. The van der Waals surface area contributed by atoms with E-state index in [0.717, 1.165) is 15.7 Å². The van der Waals surface area contributed by atoms with Gasteiger partial charge in [0.25, 0.3) is 0 Å². The molecule has 0 atom stereocenters. The van der Waals surface area contributed by atoms with E-state index < -0.39 is 10.0 Å². The predicted molar refractivity (Wildman–Crippen MR) is 106 cm³/mol. The Hall–Kier alpha value is -1.48. The number of halogens is 1. The number of hydrogen-bond donors (Lipinski definition) is 2. The van der Waals surface area contributed by atoms with Gasteiger partial charge in [0, 0.05) is 24.3 Å². The Kier molecular flexibility index (Phi) is 5.97. The summed E-state index contributed by atoms with van der Waals surface area (Å²) in [4.78, 5) is 0.205. The van der Waals surface area contributed by atoms with Gasteiger partial charge in [-0.3, -0.25) is 0 Å². The fraction of sp³-hybridized carbons (Fsp3) is 0.188. The lowest BCUT2D eigenvalue weighted by molar-refractivity contribution is 0.521. The highest BCUT2D eigenvalue weighted by Crippen LogP contribution is 2.24. The van der Waals surface area contributed by atoms with E-state index in [9.17, 15) is 8.42 Å². The maximum atomic E-state index is 12.2. The monoisotopic (exact) mass is 427 g/mol. The fourth-order valence-electron chi connectivity index (χ4n) is 1.95. The lowest BCUT2D eigenvalue weighted by Crippen LogP contribution is -2.23. The first kappa shape index (κ1) is 18.9. The molecule has 24 heavy (non-hydrogen) atoms. The van der Waals surface area contributed by atoms with E-state index >= 15 is 0 Å². The molecule has 0 aromatic heterocycles. The smallest absolute Gasteiger partial charge is 0.242 e. The molecule has 2 N–H and O–H groups in total. The van der Waals surface area contributed by atoms with Crippen molar-refractivity contribution in [2.75, 3.05) is 24.7 Å². The van der Waals surface area contributed by atoms with Gasteiger partial charge in [-0.15, -0.1) is 0 Å². The zero-order chi connectivity index (χ0) is 17.9. The van der Waals surface area contributed by atoms with E-state index in [1.807, 2.05) is 25.1 Å². The molecule has 2 aromatic rings. The summed E-state index contributed by atoms with van der Waals surface area (Å²) < 4.78 is 26.4. The van der Waals surface area contributed by atoms with E-state index in [1.54, 1.807) is 24.3 Å². The summed E-state index contributed by atoms with van der Waals surface area (Å²) in [6.07, 6.45) is 0. The number of nitrogens with zero attached hydrogens (tertiary/aromatic N) is 1. The van der Waals surface area contributed by atoms with E-state index in [2.05, 4.69) is 26.6 Å². The third-order valence-electron chi connectivity index (χ3n) is 3.24. The third kappa shape index (κ3) is 4.54. The highest BCUT2D eigenvalue weighted by Gasteiger charge is 2.17. The number of aryl methyl sites for hydroxylation is 1. The van der Waals surface area contributed by atoms with Gasteiger partial charge in [-0.1, -0.05) is 12.1 Å². The second kappa shape index (κ2) is 7.60. The third-order valence-corrected chi connectivity index (χ3v) is 5.91. The van der Waals surface area contributed by atoms with Crippen molar-refractivity contribution in [1.82, 2.24) is 4.31 Å². The molecule has 0 saturated carbocycles. The Bertz CT molecular complexity index is 867. The molecule has 0 amide bonds. The van der Waals surface area contributed by atoms with Crippen molar-refractivity contribution in [3.05, 3.63) is 52.5 Å². The van der Waals surface area contributed by atoms with Crippen LogP contribution in [-0.4, -0.2) is 31.9 Å². The standard InChI is InChI=1S/C16H18BrN3O2S2/c1-11-7-8-15(14(17)9-11)19-16(23)18-12-5-4-6-13(10-12)24(21,22)20(2)3/h4-10H,1-3H3,(H2,18,19,23). The second-order valence-electron chi connectivity index (χ2n) is 5.38. The Morgan fingerprint density at radius 2 is 1.83 bits per heavy atom. The predicted octanol–water partition coefficient (Wildman–Crippen LogP) is 3.82. The van der Waals surface area contributed by atoms with Crippen LogP contribution in [0.3, 0.4) is 0 Å². The van der Waals surface area contributed by atoms with E-state index in [1.165, 1.54) is 18.4 Å². The zero-order valence-electron chi connectivity index (χ0n) is 13.5. The molecule has 2 aromatic carbocycles. The van der Waals surface area contributed by atoms with Gasteiger partial charge in [-0.05, 0) is 71.0 Å². The number of thiocarbonyl (C=S) groups is 1. The molecular formula is C16H18BrN3O2S2. The van der Waals surface area contributed by atoms with Gasteiger partial charge in [0.2, 0.25) is 10.0 Å². The average Bonchev–Trinajstić information content (AvgIpc) is 2.50. The highest BCUT2D eigenvalue weighted by molar-refractivity contribution is 9.10. The van der Waals surface area contributed by atoms with Crippen molar-refractivity contribution in [2.45, 2.75) is 11.8 Å². The van der Waals surface area contributed by atoms with Crippen LogP contribution in [0.5, 0.6) is 0 Å². The molecule has 0 unspecified atom stereocenters. The van der Waals surface area contributed by atoms with E-state index in [-0.39, 0.29) is 4.90 Å². The molecule has 5 nitrogen and oxygen atoms in total. The lowest BCUT2D eigenvalue weighted by atomic mass is 10.2. The highest BCUT2D eigenvalue weighted by atomic mass is 79.9. The Morgan fingerprint density at radius 3 is 2.46 bits per heavy atom. The number of nitrogens with one attached hydrogen (secondary N) is 2. The van der Waals surface area contributed by atoms with Crippen LogP contribution in [0.15, 0.2) is 51.8 Å². The van der Waals surface area contributed by atoms with Crippen molar-refractivity contribution in [3.8, 4) is 0 Å². The van der Waals surface area contributed by atoms with Crippen molar-refractivity contribution in [3.63, 3.8) is 0 Å². The molecule has 128 valence electrons. The van der Waals surface area contributed by atoms with Gasteiger partial charge < -0.3 is 10.6 Å². The number of sulfonamides is 1. The fourth-order valence-corrected chi connectivity index (χ4v) is 3.72. The van der Waals surface area contributed by atoms with Crippen LogP contribution in [0.4, 0.5) is 11.4 Å². The van der Waals surface area contributed by atoms with E-state index in [4.69, 9.17) is 12.2 Å². The summed E-state index contributed by atoms with van der Waals surface area (Å²) in [6.45, 7) is 2.00. The molecule has 0 aliphatic rings. The van der Waals surface area contributed by atoms with Crippen molar-refractivity contribution < 1.29 is 8.42 Å². The number of benzene rings is 2. The summed E-state index contributed by atoms with van der Waals surface area (Å²) in [6, 6.07) is 12.4. The van der Waals surface area contributed by atoms with Gasteiger partial charge in [0.15, 0.2) is 5.11 Å². The number of anilines is 2. The lowest BCUT2D eigenvalue weighted by Gasteiger charge is -2.15. The normalized spacial score (nSPS) is 11.4. The largest absolute Gasteiger partial charge is 0.332 e. The minimum absolute atomic E-state index is 0.205. The Morgan fingerprint density at radius 1 is 1.12 bits per heavy atom. The molecular weight excluding hydrogens is 410 g/mol. The minimum atomic E-state index is -3.48. The average molecular weight is 428 g/mol. The summed E-state index contributed by atoms with van der Waals surface area (Å²) in [5.41, 5.74) is 2.56. The number of hydrogen-bond acceptors (Lipinski definition) is 3. The van der Waals surface area contributed by atoms with Crippen LogP contribution < -0.4 is 10.6 Å². The topological polar surface area (TPSA) is 61.4 Å². The molecule has 0 bridgehead atoms. The first-order valence-electron chi connectivity index (χ1n) is 7.07. The quantitative estimate of drug-likeness (QED) is 0.726. The van der Waals surface area contributed by atoms with Gasteiger partial charge in [0.05, 0.1) is 10.6 Å². The van der Waals surface area contributed by atoms with Gasteiger partial charge in [-0.25, -0.2) is 12.7 Å². The summed E-state index contributed by atoms with van der Waals surface area (Å²) in [5, 5.41) is 6.45. The molecule has 0 spiro atoms. The summed E-state index contributed by atoms with van der Waals surface area (Å²) >= 11 is 8.78. The van der Waals surface area contributed by atoms with Gasteiger partial charge >= 0.3 is 0 Å². The SMILES string of the molecule is Cc1ccc(NC(=S)Nc2cccc(S(=O)(=O)N(C)C)c2)c(Br)c1. The van der Waals surface area contributed by atoms with Crippen LogP contribution in [0, 0.1) is 6.92 Å². The zero-order valence-corrected chi connectivity index (χ0v) is 16.7. The van der Waals surface area contributed by atoms with Gasteiger partial charge in [-0.2, -0.15) is 0 Å². The van der Waals surface area contributed by atoms with Crippen LogP contribution in [0.2, 0.25) is 0 Å². The molecule has 0 fully saturated rings. The molecule has 0 aliphatic heterocycles. The first-order chi connectivity index (χ1) is 11.2. The van der Waals surface area contributed by atoms with Crippen LogP contribution in [0.25, 0.3) is 0 Å². The Labute approximate surface area is 156 Å². The summed E-state index contributed by atoms with van der Waals surface area (Å²) in [5.74, 6) is 0. The Balaban J connectivity index is 2.15.